The first-order valence-corrected chi connectivity index (χ1v) is 4.68. The van der Waals surface area contributed by atoms with Crippen molar-refractivity contribution in [3.63, 3.8) is 0 Å². The van der Waals surface area contributed by atoms with Crippen molar-refractivity contribution in [2.45, 2.75) is 26.3 Å². The quantitative estimate of drug-likeness (QED) is 0.355. The number of rotatable bonds is 5. The third-order valence-corrected chi connectivity index (χ3v) is 1.98. The van der Waals surface area contributed by atoms with E-state index in [0.29, 0.717) is 0 Å². The van der Waals surface area contributed by atoms with Gasteiger partial charge in [-0.25, -0.2) is 0 Å². The molecule has 0 spiro atoms. The fourth-order valence-corrected chi connectivity index (χ4v) is 0.898. The lowest BCUT2D eigenvalue weighted by Gasteiger charge is -2.13. The zero-order chi connectivity index (χ0) is 11.0. The molecule has 0 N–H and O–H groups in total. The van der Waals surface area contributed by atoms with E-state index in [2.05, 4.69) is 31.3 Å². The summed E-state index contributed by atoms with van der Waals surface area (Å²) in [5.41, 5.74) is 0.853. The average Bonchev–Trinajstić information content (AvgIpc) is 2.18. The highest BCUT2D eigenvalue weighted by Gasteiger charge is 2.10. The van der Waals surface area contributed by atoms with Crippen molar-refractivity contribution >= 4 is 6.72 Å². The van der Waals surface area contributed by atoms with E-state index >= 15 is 0 Å². The summed E-state index contributed by atoms with van der Waals surface area (Å²) in [5, 5.41) is 0. The molecule has 0 aromatic carbocycles. The molecule has 76 valence electrons. The second-order valence-corrected chi connectivity index (χ2v) is 3.36. The number of nitrogens with zero attached hydrogens (tertiary/aromatic N) is 1. The molecule has 0 aromatic rings. The van der Waals surface area contributed by atoms with Gasteiger partial charge < -0.3 is 0 Å². The first-order valence-electron chi connectivity index (χ1n) is 4.68. The van der Waals surface area contributed by atoms with Crippen molar-refractivity contribution < 1.29 is 0 Å². The summed E-state index contributed by atoms with van der Waals surface area (Å²) < 4.78 is 0. The van der Waals surface area contributed by atoms with Crippen molar-refractivity contribution in [3.05, 3.63) is 48.6 Å². The van der Waals surface area contributed by atoms with Gasteiger partial charge in [0.1, 0.15) is 0 Å². The highest BCUT2D eigenvalue weighted by molar-refractivity contribution is 5.32. The van der Waals surface area contributed by atoms with Crippen LogP contribution < -0.4 is 0 Å². The van der Waals surface area contributed by atoms with Gasteiger partial charge in [-0.1, -0.05) is 42.0 Å². The molecule has 1 unspecified atom stereocenters. The van der Waals surface area contributed by atoms with Gasteiger partial charge in [0.05, 0.1) is 5.54 Å². The second-order valence-electron chi connectivity index (χ2n) is 3.36. The maximum atomic E-state index is 3.98. The molecule has 0 amide bonds. The van der Waals surface area contributed by atoms with Crippen LogP contribution in [0.3, 0.4) is 0 Å². The summed E-state index contributed by atoms with van der Waals surface area (Å²) in [6.07, 6.45) is 11.8. The molecular formula is C13H19N. The predicted molar refractivity (Wildman–Crippen MR) is 65.9 cm³/mol. The van der Waals surface area contributed by atoms with Crippen LogP contribution >= 0.6 is 0 Å². The fourth-order valence-electron chi connectivity index (χ4n) is 0.898. The summed E-state index contributed by atoms with van der Waals surface area (Å²) >= 11 is 0. The summed E-state index contributed by atoms with van der Waals surface area (Å²) in [7, 11) is 0. The molecular weight excluding hydrogens is 170 g/mol. The van der Waals surface area contributed by atoms with E-state index in [1.165, 1.54) is 5.57 Å². The Bertz CT molecular complexity index is 272. The zero-order valence-corrected chi connectivity index (χ0v) is 9.33. The molecule has 0 aromatic heterocycles. The molecule has 1 nitrogen and oxygen atoms in total. The highest BCUT2D eigenvalue weighted by atomic mass is 14.8. The summed E-state index contributed by atoms with van der Waals surface area (Å²) in [5.74, 6) is 0. The Morgan fingerprint density at radius 1 is 1.43 bits per heavy atom. The maximum Gasteiger partial charge on any atom is 0.0933 e. The van der Waals surface area contributed by atoms with Gasteiger partial charge in [0, 0.05) is 0 Å². The lowest BCUT2D eigenvalue weighted by molar-refractivity contribution is 0.747. The van der Waals surface area contributed by atoms with Crippen LogP contribution in [-0.4, -0.2) is 12.3 Å². The molecule has 0 radical (unpaired) electrons. The van der Waals surface area contributed by atoms with Crippen LogP contribution in [0.4, 0.5) is 0 Å². The Labute approximate surface area is 87.3 Å². The molecule has 1 heteroatoms. The molecule has 1 atom stereocenters. The van der Waals surface area contributed by atoms with Gasteiger partial charge in [-0.05, 0) is 27.5 Å². The molecule has 0 saturated carbocycles. The largest absolute Gasteiger partial charge is 0.286 e. The van der Waals surface area contributed by atoms with Gasteiger partial charge in [-0.2, -0.15) is 0 Å². The molecule has 0 bridgehead atoms. The van der Waals surface area contributed by atoms with Crippen LogP contribution in [0.2, 0.25) is 0 Å². The highest BCUT2D eigenvalue weighted by Crippen LogP contribution is 2.12. The van der Waals surface area contributed by atoms with E-state index in [-0.39, 0.29) is 5.54 Å². The number of aliphatic imine (C=N–C) groups is 1. The second kappa shape index (κ2) is 6.14. The molecule has 14 heavy (non-hydrogen) atoms. The van der Waals surface area contributed by atoms with Crippen molar-refractivity contribution in [2.75, 3.05) is 0 Å². The van der Waals surface area contributed by atoms with Crippen molar-refractivity contribution in [3.8, 4) is 0 Å². The van der Waals surface area contributed by atoms with Crippen LogP contribution in [-0.2, 0) is 0 Å². The van der Waals surface area contributed by atoms with Crippen molar-refractivity contribution in [2.24, 2.45) is 4.99 Å². The topological polar surface area (TPSA) is 12.4 Å². The minimum Gasteiger partial charge on any atom is -0.286 e. The predicted octanol–water partition coefficient (Wildman–Crippen LogP) is 3.71. The first-order chi connectivity index (χ1) is 6.58. The van der Waals surface area contributed by atoms with Gasteiger partial charge in [-0.15, -0.1) is 6.58 Å². The lowest BCUT2D eigenvalue weighted by atomic mass is 10.0. The summed E-state index contributed by atoms with van der Waals surface area (Å²) in [6, 6.07) is 0. The first kappa shape index (κ1) is 12.6. The Kier molecular flexibility index (Phi) is 5.54. The van der Waals surface area contributed by atoms with Crippen LogP contribution in [0, 0.1) is 0 Å². The lowest BCUT2D eigenvalue weighted by Crippen LogP contribution is -2.12. The van der Waals surface area contributed by atoms with Crippen LogP contribution in [0.1, 0.15) is 20.8 Å². The van der Waals surface area contributed by atoms with E-state index in [4.69, 9.17) is 0 Å². The Balaban J connectivity index is 4.51. The smallest absolute Gasteiger partial charge is 0.0933 e. The fraction of sp³-hybridized carbons (Fsp3) is 0.308. The van der Waals surface area contributed by atoms with Gasteiger partial charge in [0.25, 0.3) is 0 Å². The van der Waals surface area contributed by atoms with Gasteiger partial charge in [-0.3, -0.25) is 4.99 Å². The van der Waals surface area contributed by atoms with Gasteiger partial charge in [0.15, 0.2) is 0 Å². The number of hydrogen-bond donors (Lipinski definition) is 0. The third kappa shape index (κ3) is 4.61. The minimum atomic E-state index is -0.354. The Morgan fingerprint density at radius 3 is 2.50 bits per heavy atom. The average molecular weight is 189 g/mol. The maximum absolute atomic E-state index is 3.98. The van der Waals surface area contributed by atoms with Crippen LogP contribution in [0.5, 0.6) is 0 Å². The standard InChI is InChI=1S/C13H19N/c1-6-9-12(3)10-8-11-13(4,7-2)14-5/h6-11H,2,5H2,1,3-4H3/b9-6+,11-8-,12-10-. The van der Waals surface area contributed by atoms with Gasteiger partial charge in [0.2, 0.25) is 0 Å². The van der Waals surface area contributed by atoms with E-state index in [0.717, 1.165) is 0 Å². The van der Waals surface area contributed by atoms with Crippen LogP contribution in [0.25, 0.3) is 0 Å². The molecule has 0 aliphatic carbocycles. The molecule has 0 heterocycles. The third-order valence-electron chi connectivity index (χ3n) is 1.98. The van der Waals surface area contributed by atoms with Gasteiger partial charge >= 0.3 is 0 Å². The van der Waals surface area contributed by atoms with Crippen LogP contribution in [0.15, 0.2) is 53.6 Å². The minimum absolute atomic E-state index is 0.354. The molecule has 0 fully saturated rings. The van der Waals surface area contributed by atoms with Crippen molar-refractivity contribution in [1.29, 1.82) is 0 Å². The Hall–Kier alpha value is -1.37. The van der Waals surface area contributed by atoms with E-state index in [1.807, 2.05) is 38.2 Å². The Morgan fingerprint density at radius 2 is 2.07 bits per heavy atom. The summed E-state index contributed by atoms with van der Waals surface area (Å²) in [4.78, 5) is 3.98. The molecule has 0 saturated heterocycles. The van der Waals surface area contributed by atoms with Crippen molar-refractivity contribution in [1.82, 2.24) is 0 Å². The van der Waals surface area contributed by atoms with E-state index in [1.54, 1.807) is 6.08 Å². The molecule has 0 aliphatic rings. The van der Waals surface area contributed by atoms with E-state index in [9.17, 15) is 0 Å². The normalized spacial score (nSPS) is 17.2. The zero-order valence-electron chi connectivity index (χ0n) is 9.33. The molecule has 0 rings (SSSR count). The SMILES string of the molecule is C=CC(C)(\C=C/C=C(C)\C=C\C)N=C. The number of allylic oxidation sites excluding steroid dienone is 5. The summed E-state index contributed by atoms with van der Waals surface area (Å²) in [6.45, 7) is 13.3. The molecule has 0 aliphatic heterocycles. The number of hydrogen-bond acceptors (Lipinski definition) is 1. The monoisotopic (exact) mass is 189 g/mol. The van der Waals surface area contributed by atoms with E-state index < -0.39 is 0 Å².